The number of thioether (sulfide) groups is 1. The smallest absolute Gasteiger partial charge is 0.145 e. The largest absolute Gasteiger partial charge is 0.382 e. The Hall–Kier alpha value is -1.28. The van der Waals surface area contributed by atoms with Crippen LogP contribution < -0.4 is 5.73 Å². The molecule has 1 aromatic heterocycles. The van der Waals surface area contributed by atoms with Crippen LogP contribution in [0.15, 0.2) is 0 Å². The second kappa shape index (κ2) is 4.10. The Morgan fingerprint density at radius 1 is 1.54 bits per heavy atom. The standard InChI is InChI=1S/C8H10N4S/c1-5-6(3-9)8(10)12-7(11-5)4-13-2/h4H2,1-2H3,(H2,10,11,12). The molecule has 0 aliphatic heterocycles. The fourth-order valence-electron chi connectivity index (χ4n) is 0.987. The van der Waals surface area contributed by atoms with Crippen molar-refractivity contribution >= 4 is 17.6 Å². The van der Waals surface area contributed by atoms with Crippen molar-refractivity contribution in [3.63, 3.8) is 0 Å². The van der Waals surface area contributed by atoms with Crippen LogP contribution in [0, 0.1) is 18.3 Å². The Morgan fingerprint density at radius 2 is 2.23 bits per heavy atom. The van der Waals surface area contributed by atoms with Crippen molar-refractivity contribution in [2.24, 2.45) is 0 Å². The van der Waals surface area contributed by atoms with Crippen molar-refractivity contribution in [2.45, 2.75) is 12.7 Å². The summed E-state index contributed by atoms with van der Waals surface area (Å²) in [5.74, 6) is 1.68. The minimum atomic E-state index is 0.277. The third-order valence-corrected chi connectivity index (χ3v) is 2.10. The summed E-state index contributed by atoms with van der Waals surface area (Å²) < 4.78 is 0. The lowest BCUT2D eigenvalue weighted by molar-refractivity contribution is 0.995. The third-order valence-electron chi connectivity index (χ3n) is 1.55. The molecule has 0 unspecified atom stereocenters. The summed E-state index contributed by atoms with van der Waals surface area (Å²) in [7, 11) is 0. The SMILES string of the molecule is CSCc1nc(C)c(C#N)c(N)n1. The highest BCUT2D eigenvalue weighted by molar-refractivity contribution is 7.97. The molecule has 0 saturated heterocycles. The second-order valence-corrected chi connectivity index (χ2v) is 3.40. The van der Waals surface area contributed by atoms with E-state index in [1.807, 2.05) is 12.3 Å². The number of nitrogen functional groups attached to an aromatic ring is 1. The van der Waals surface area contributed by atoms with E-state index in [9.17, 15) is 0 Å². The number of nitriles is 1. The first-order valence-corrected chi connectivity index (χ1v) is 5.10. The number of rotatable bonds is 2. The average molecular weight is 194 g/mol. The fourth-order valence-corrected chi connectivity index (χ4v) is 1.37. The van der Waals surface area contributed by atoms with E-state index in [-0.39, 0.29) is 5.82 Å². The molecule has 1 heterocycles. The summed E-state index contributed by atoms with van der Waals surface area (Å²) in [5.41, 5.74) is 6.61. The van der Waals surface area contributed by atoms with Crippen molar-refractivity contribution in [1.82, 2.24) is 9.97 Å². The third kappa shape index (κ3) is 2.10. The number of hydrogen-bond donors (Lipinski definition) is 1. The number of aromatic nitrogens is 2. The van der Waals surface area contributed by atoms with Crippen LogP contribution in [0.4, 0.5) is 5.82 Å². The second-order valence-electron chi connectivity index (χ2n) is 2.53. The summed E-state index contributed by atoms with van der Waals surface area (Å²) in [6.45, 7) is 1.76. The van der Waals surface area contributed by atoms with Crippen LogP contribution in [0.2, 0.25) is 0 Å². The molecule has 1 aromatic rings. The van der Waals surface area contributed by atoms with Crippen molar-refractivity contribution in [2.75, 3.05) is 12.0 Å². The van der Waals surface area contributed by atoms with E-state index in [2.05, 4.69) is 9.97 Å². The zero-order valence-corrected chi connectivity index (χ0v) is 8.35. The lowest BCUT2D eigenvalue weighted by atomic mass is 10.2. The van der Waals surface area contributed by atoms with Crippen molar-refractivity contribution in [3.05, 3.63) is 17.1 Å². The topological polar surface area (TPSA) is 75.6 Å². The van der Waals surface area contributed by atoms with Crippen LogP contribution in [-0.2, 0) is 5.75 Å². The molecule has 0 amide bonds. The van der Waals surface area contributed by atoms with E-state index < -0.39 is 0 Å². The van der Waals surface area contributed by atoms with Gasteiger partial charge >= 0.3 is 0 Å². The van der Waals surface area contributed by atoms with Crippen LogP contribution in [0.3, 0.4) is 0 Å². The van der Waals surface area contributed by atoms with Crippen molar-refractivity contribution in [3.8, 4) is 6.07 Å². The number of nitrogens with two attached hydrogens (primary N) is 1. The van der Waals surface area contributed by atoms with Crippen LogP contribution in [0.25, 0.3) is 0 Å². The lowest BCUT2D eigenvalue weighted by Crippen LogP contribution is -2.04. The van der Waals surface area contributed by atoms with Gasteiger partial charge in [0.25, 0.3) is 0 Å². The van der Waals surface area contributed by atoms with Gasteiger partial charge in [-0.2, -0.15) is 17.0 Å². The average Bonchev–Trinajstić information content (AvgIpc) is 2.04. The normalized spacial score (nSPS) is 9.62. The van der Waals surface area contributed by atoms with E-state index in [1.54, 1.807) is 18.7 Å². The molecule has 5 heteroatoms. The van der Waals surface area contributed by atoms with Crippen molar-refractivity contribution < 1.29 is 0 Å². The Morgan fingerprint density at radius 3 is 2.69 bits per heavy atom. The molecule has 0 aromatic carbocycles. The quantitative estimate of drug-likeness (QED) is 0.763. The summed E-state index contributed by atoms with van der Waals surface area (Å²) in [4.78, 5) is 8.18. The predicted molar refractivity (Wildman–Crippen MR) is 53.1 cm³/mol. The first-order valence-electron chi connectivity index (χ1n) is 3.71. The van der Waals surface area contributed by atoms with E-state index in [0.29, 0.717) is 17.1 Å². The van der Waals surface area contributed by atoms with Gasteiger partial charge in [-0.1, -0.05) is 0 Å². The highest BCUT2D eigenvalue weighted by atomic mass is 32.2. The molecule has 0 radical (unpaired) electrons. The van der Waals surface area contributed by atoms with Gasteiger partial charge in [-0.15, -0.1) is 0 Å². The maximum Gasteiger partial charge on any atom is 0.145 e. The highest BCUT2D eigenvalue weighted by Gasteiger charge is 2.07. The fraction of sp³-hybridized carbons (Fsp3) is 0.375. The number of aryl methyl sites for hydroxylation is 1. The number of nitrogens with zero attached hydrogens (tertiary/aromatic N) is 3. The predicted octanol–water partition coefficient (Wildman–Crippen LogP) is 1.10. The van der Waals surface area contributed by atoms with Crippen LogP contribution >= 0.6 is 11.8 Å². The number of hydrogen-bond acceptors (Lipinski definition) is 5. The molecule has 0 atom stereocenters. The van der Waals surface area contributed by atoms with Gasteiger partial charge in [0.1, 0.15) is 23.3 Å². The maximum atomic E-state index is 8.70. The first kappa shape index (κ1) is 9.81. The Balaban J connectivity index is 3.14. The maximum absolute atomic E-state index is 8.70. The number of anilines is 1. The zero-order valence-electron chi connectivity index (χ0n) is 7.53. The first-order chi connectivity index (χ1) is 6.19. The molecule has 0 bridgehead atoms. The Kier molecular flexibility index (Phi) is 3.09. The molecule has 0 saturated carbocycles. The van der Waals surface area contributed by atoms with Gasteiger partial charge in [-0.25, -0.2) is 9.97 Å². The zero-order chi connectivity index (χ0) is 9.84. The van der Waals surface area contributed by atoms with E-state index in [1.165, 1.54) is 0 Å². The molecular formula is C8H10N4S. The minimum absolute atomic E-state index is 0.277. The molecule has 0 aliphatic carbocycles. The van der Waals surface area contributed by atoms with E-state index in [0.717, 1.165) is 5.75 Å². The van der Waals surface area contributed by atoms with Gasteiger partial charge in [-0.3, -0.25) is 0 Å². The summed E-state index contributed by atoms with van der Waals surface area (Å²) in [5, 5.41) is 8.70. The molecule has 13 heavy (non-hydrogen) atoms. The van der Waals surface area contributed by atoms with E-state index in [4.69, 9.17) is 11.0 Å². The molecule has 0 fully saturated rings. The molecule has 1 rings (SSSR count). The van der Waals surface area contributed by atoms with Gasteiger partial charge in [0, 0.05) is 0 Å². The summed E-state index contributed by atoms with van der Waals surface area (Å²) in [6, 6.07) is 1.98. The molecule has 2 N–H and O–H groups in total. The highest BCUT2D eigenvalue weighted by Crippen LogP contribution is 2.13. The molecular weight excluding hydrogens is 184 g/mol. The summed E-state index contributed by atoms with van der Waals surface area (Å²) in [6.07, 6.45) is 1.97. The molecule has 68 valence electrons. The van der Waals surface area contributed by atoms with Gasteiger partial charge in [0.15, 0.2) is 0 Å². The van der Waals surface area contributed by atoms with E-state index >= 15 is 0 Å². The Bertz CT molecular complexity index is 333. The minimum Gasteiger partial charge on any atom is -0.382 e. The van der Waals surface area contributed by atoms with Crippen LogP contribution in [-0.4, -0.2) is 16.2 Å². The molecule has 4 nitrogen and oxygen atoms in total. The van der Waals surface area contributed by atoms with Gasteiger partial charge in [0.2, 0.25) is 0 Å². The van der Waals surface area contributed by atoms with Gasteiger partial charge in [0.05, 0.1) is 11.4 Å². The lowest BCUT2D eigenvalue weighted by Gasteiger charge is -2.03. The molecule has 0 aliphatic rings. The molecule has 0 spiro atoms. The Labute approximate surface area is 81.2 Å². The van der Waals surface area contributed by atoms with Gasteiger partial charge < -0.3 is 5.73 Å². The monoisotopic (exact) mass is 194 g/mol. The van der Waals surface area contributed by atoms with Crippen LogP contribution in [0.5, 0.6) is 0 Å². The summed E-state index contributed by atoms with van der Waals surface area (Å²) >= 11 is 1.62. The van der Waals surface area contributed by atoms with Gasteiger partial charge in [-0.05, 0) is 13.2 Å². The van der Waals surface area contributed by atoms with Crippen LogP contribution in [0.1, 0.15) is 17.1 Å². The van der Waals surface area contributed by atoms with Crippen molar-refractivity contribution in [1.29, 1.82) is 5.26 Å².